The summed E-state index contributed by atoms with van der Waals surface area (Å²) >= 11 is 0. The summed E-state index contributed by atoms with van der Waals surface area (Å²) in [6, 6.07) is 0.516. The maximum Gasteiger partial charge on any atom is 0.151 e. The van der Waals surface area contributed by atoms with Gasteiger partial charge in [0.1, 0.15) is 0 Å². The summed E-state index contributed by atoms with van der Waals surface area (Å²) in [6.07, 6.45) is 1.85. The Morgan fingerprint density at radius 3 is 2.56 bits per heavy atom. The summed E-state index contributed by atoms with van der Waals surface area (Å²) in [4.78, 5) is 2.16. The average Bonchev–Trinajstić information content (AvgIpc) is 2.67. The van der Waals surface area contributed by atoms with E-state index in [4.69, 9.17) is 0 Å². The molecule has 98 valence electrons. The molecule has 1 fully saturated rings. The fraction of sp³-hybridized carbons (Fsp3) is 1.00. The van der Waals surface area contributed by atoms with Gasteiger partial charge in [0.25, 0.3) is 0 Å². The molecule has 1 atom stereocenters. The van der Waals surface area contributed by atoms with E-state index in [1.165, 1.54) is 0 Å². The molecule has 1 saturated heterocycles. The molecule has 1 aliphatic rings. The minimum Gasteiger partial charge on any atom is -0.315 e. The van der Waals surface area contributed by atoms with Crippen LogP contribution in [-0.4, -0.2) is 57.5 Å². The van der Waals surface area contributed by atoms with Crippen LogP contribution in [0.15, 0.2) is 0 Å². The highest BCUT2D eigenvalue weighted by Crippen LogP contribution is 2.06. The van der Waals surface area contributed by atoms with E-state index in [-0.39, 0.29) is 12.4 Å². The lowest BCUT2D eigenvalue weighted by Crippen LogP contribution is -2.37. The van der Waals surface area contributed by atoms with Gasteiger partial charge in [0.05, 0.1) is 5.75 Å². The number of nitrogens with zero attached hydrogens (tertiary/aromatic N) is 1. The molecule has 1 aliphatic heterocycles. The molecule has 0 aromatic heterocycles. The lowest BCUT2D eigenvalue weighted by atomic mass is 10.2. The van der Waals surface area contributed by atoms with Gasteiger partial charge >= 0.3 is 0 Å². The Labute approximate surface area is 105 Å². The predicted molar refractivity (Wildman–Crippen MR) is 70.1 cm³/mol. The number of hydrogen-bond donors (Lipinski definition) is 1. The van der Waals surface area contributed by atoms with Gasteiger partial charge in [-0.2, -0.15) is 0 Å². The van der Waals surface area contributed by atoms with Crippen LogP contribution >= 0.6 is 12.4 Å². The number of hydrogen-bond acceptors (Lipinski definition) is 4. The molecule has 6 heteroatoms. The van der Waals surface area contributed by atoms with Gasteiger partial charge in [-0.05, 0) is 26.4 Å². The highest BCUT2D eigenvalue weighted by molar-refractivity contribution is 7.91. The molecule has 0 bridgehead atoms. The van der Waals surface area contributed by atoms with E-state index in [1.54, 1.807) is 0 Å². The molecule has 4 nitrogen and oxygen atoms in total. The predicted octanol–water partition coefficient (Wildman–Crippen LogP) is 0.527. The van der Waals surface area contributed by atoms with Crippen molar-refractivity contribution in [3.05, 3.63) is 0 Å². The van der Waals surface area contributed by atoms with Crippen molar-refractivity contribution in [1.82, 2.24) is 10.2 Å². The van der Waals surface area contributed by atoms with Gasteiger partial charge in [-0.1, -0.05) is 6.92 Å². The lowest BCUT2D eigenvalue weighted by molar-refractivity contribution is 0.271. The SMILES string of the molecule is CCCS(=O)(=O)CCN(C)C1CCNC1.Cl. The van der Waals surface area contributed by atoms with Crippen molar-refractivity contribution in [3.8, 4) is 0 Å². The Balaban J connectivity index is 0.00000225. The normalized spacial score (nSPS) is 21.1. The van der Waals surface area contributed by atoms with E-state index in [9.17, 15) is 8.42 Å². The second-order valence-electron chi connectivity index (χ2n) is 4.28. The van der Waals surface area contributed by atoms with Crippen molar-refractivity contribution in [2.45, 2.75) is 25.8 Å². The molecular weight excluding hydrogens is 248 g/mol. The molecule has 0 aromatic rings. The first-order valence-corrected chi connectivity index (χ1v) is 7.48. The quantitative estimate of drug-likeness (QED) is 0.765. The minimum atomic E-state index is -2.82. The van der Waals surface area contributed by atoms with E-state index in [0.29, 0.717) is 24.1 Å². The molecule has 0 saturated carbocycles. The zero-order valence-corrected chi connectivity index (χ0v) is 11.7. The molecule has 1 heterocycles. The molecule has 0 aliphatic carbocycles. The van der Waals surface area contributed by atoms with E-state index in [2.05, 4.69) is 10.2 Å². The van der Waals surface area contributed by atoms with Crippen LogP contribution in [0.3, 0.4) is 0 Å². The van der Waals surface area contributed by atoms with Crippen molar-refractivity contribution in [3.63, 3.8) is 0 Å². The maximum absolute atomic E-state index is 11.5. The third-order valence-electron chi connectivity index (χ3n) is 2.93. The van der Waals surface area contributed by atoms with Crippen molar-refractivity contribution < 1.29 is 8.42 Å². The number of nitrogens with one attached hydrogen (secondary N) is 1. The minimum absolute atomic E-state index is 0. The molecule has 16 heavy (non-hydrogen) atoms. The summed E-state index contributed by atoms with van der Waals surface area (Å²) in [6.45, 7) is 4.61. The Hall–Kier alpha value is 0.160. The van der Waals surface area contributed by atoms with Crippen LogP contribution in [0.25, 0.3) is 0 Å². The van der Waals surface area contributed by atoms with Crippen LogP contribution in [0.5, 0.6) is 0 Å². The second-order valence-corrected chi connectivity index (χ2v) is 6.58. The van der Waals surface area contributed by atoms with Crippen LogP contribution in [0.4, 0.5) is 0 Å². The first kappa shape index (κ1) is 16.2. The van der Waals surface area contributed by atoms with Crippen LogP contribution in [0.2, 0.25) is 0 Å². The summed E-state index contributed by atoms with van der Waals surface area (Å²) in [5, 5.41) is 3.28. The largest absolute Gasteiger partial charge is 0.315 e. The molecule has 0 aromatic carbocycles. The first-order chi connectivity index (χ1) is 7.05. The van der Waals surface area contributed by atoms with Crippen LogP contribution in [0.1, 0.15) is 19.8 Å². The van der Waals surface area contributed by atoms with Crippen molar-refractivity contribution in [1.29, 1.82) is 0 Å². The molecule has 1 N–H and O–H groups in total. The van der Waals surface area contributed by atoms with E-state index in [1.807, 2.05) is 14.0 Å². The van der Waals surface area contributed by atoms with E-state index < -0.39 is 9.84 Å². The fourth-order valence-electron chi connectivity index (χ4n) is 1.89. The van der Waals surface area contributed by atoms with Gasteiger partial charge in [-0.15, -0.1) is 12.4 Å². The van der Waals surface area contributed by atoms with Crippen molar-refractivity contribution >= 4 is 22.2 Å². The van der Waals surface area contributed by atoms with Crippen LogP contribution < -0.4 is 5.32 Å². The van der Waals surface area contributed by atoms with Gasteiger partial charge in [0.2, 0.25) is 0 Å². The summed E-state index contributed by atoms with van der Waals surface area (Å²) in [5.41, 5.74) is 0. The molecular formula is C10H23ClN2O2S. The average molecular weight is 271 g/mol. The third-order valence-corrected chi connectivity index (χ3v) is 4.76. The highest BCUT2D eigenvalue weighted by atomic mass is 35.5. The fourth-order valence-corrected chi connectivity index (χ4v) is 3.29. The maximum atomic E-state index is 11.5. The van der Waals surface area contributed by atoms with Gasteiger partial charge in [0.15, 0.2) is 9.84 Å². The number of rotatable bonds is 6. The van der Waals surface area contributed by atoms with Crippen molar-refractivity contribution in [2.75, 3.05) is 38.2 Å². The summed E-state index contributed by atoms with van der Waals surface area (Å²) < 4.78 is 23.0. The molecule has 1 rings (SSSR count). The van der Waals surface area contributed by atoms with Gasteiger partial charge < -0.3 is 10.2 Å². The molecule has 0 radical (unpaired) electrons. The number of likely N-dealkylation sites (N-methyl/N-ethyl adjacent to an activating group) is 1. The molecule has 0 spiro atoms. The first-order valence-electron chi connectivity index (χ1n) is 5.66. The number of sulfone groups is 1. The highest BCUT2D eigenvalue weighted by Gasteiger charge is 2.20. The monoisotopic (exact) mass is 270 g/mol. The lowest BCUT2D eigenvalue weighted by Gasteiger charge is -2.23. The van der Waals surface area contributed by atoms with E-state index >= 15 is 0 Å². The smallest absolute Gasteiger partial charge is 0.151 e. The Morgan fingerprint density at radius 2 is 2.06 bits per heavy atom. The molecule has 0 amide bonds. The van der Waals surface area contributed by atoms with Crippen LogP contribution in [0, 0.1) is 0 Å². The zero-order valence-electron chi connectivity index (χ0n) is 10.1. The number of halogens is 1. The summed E-state index contributed by atoms with van der Waals surface area (Å²) in [7, 11) is -0.805. The Morgan fingerprint density at radius 1 is 1.38 bits per heavy atom. The second kappa shape index (κ2) is 7.48. The van der Waals surface area contributed by atoms with Gasteiger partial charge in [-0.25, -0.2) is 8.42 Å². The van der Waals surface area contributed by atoms with Gasteiger partial charge in [0, 0.05) is 24.9 Å². The topological polar surface area (TPSA) is 49.4 Å². The van der Waals surface area contributed by atoms with Crippen LogP contribution in [-0.2, 0) is 9.84 Å². The zero-order chi connectivity index (χ0) is 11.3. The van der Waals surface area contributed by atoms with Crippen molar-refractivity contribution in [2.24, 2.45) is 0 Å². The van der Waals surface area contributed by atoms with E-state index in [0.717, 1.165) is 25.9 Å². The summed E-state index contributed by atoms with van der Waals surface area (Å²) in [5.74, 6) is 0.623. The standard InChI is InChI=1S/C10H22N2O2S.ClH/c1-3-7-15(13,14)8-6-12(2)10-4-5-11-9-10;/h10-11H,3-9H2,1-2H3;1H. The third kappa shape index (κ3) is 5.48. The van der Waals surface area contributed by atoms with Gasteiger partial charge in [-0.3, -0.25) is 0 Å². The Bertz CT molecular complexity index is 277. The molecule has 1 unspecified atom stereocenters. The Kier molecular flexibility index (Phi) is 7.55.